The molecule has 2 rings (SSSR count). The highest BCUT2D eigenvalue weighted by Crippen LogP contribution is 2.34. The van der Waals surface area contributed by atoms with Gasteiger partial charge in [0.1, 0.15) is 0 Å². The third kappa shape index (κ3) is 3.19. The molecule has 4 heteroatoms. The Bertz CT molecular complexity index is 370. The number of nitrogens with zero attached hydrogens (tertiary/aromatic N) is 1. The van der Waals surface area contributed by atoms with Gasteiger partial charge in [-0.25, -0.2) is 9.37 Å². The first-order valence-electron chi connectivity index (χ1n) is 6.81. The second-order valence-electron chi connectivity index (χ2n) is 5.19. The first kappa shape index (κ1) is 13.3. The molecular weight excluding hydrogens is 229 g/mol. The predicted octanol–water partition coefficient (Wildman–Crippen LogP) is 2.80. The van der Waals surface area contributed by atoms with Gasteiger partial charge in [0, 0.05) is 12.7 Å². The van der Waals surface area contributed by atoms with Crippen LogP contribution in [0.3, 0.4) is 0 Å². The average Bonchev–Trinajstić information content (AvgIpc) is 2.39. The number of aromatic nitrogens is 1. The molecule has 1 aromatic heterocycles. The van der Waals surface area contributed by atoms with E-state index in [0.29, 0.717) is 11.2 Å². The maximum Gasteiger partial charge on any atom is 0.165 e. The highest BCUT2D eigenvalue weighted by atomic mass is 19.1. The van der Waals surface area contributed by atoms with E-state index >= 15 is 0 Å². The second kappa shape index (κ2) is 6.14. The number of hydrogen-bond donors (Lipinski definition) is 2. The van der Waals surface area contributed by atoms with E-state index in [1.165, 1.54) is 18.9 Å². The van der Waals surface area contributed by atoms with Crippen LogP contribution >= 0.6 is 0 Å². The summed E-state index contributed by atoms with van der Waals surface area (Å²) in [6.07, 6.45) is 6.30. The molecule has 100 valence electrons. The van der Waals surface area contributed by atoms with Gasteiger partial charge >= 0.3 is 0 Å². The average molecular weight is 251 g/mol. The molecule has 1 saturated heterocycles. The topological polar surface area (TPSA) is 37.0 Å². The minimum atomic E-state index is -0.266. The Balaban J connectivity index is 1.99. The zero-order valence-electron chi connectivity index (χ0n) is 11.0. The molecule has 1 aliphatic rings. The summed E-state index contributed by atoms with van der Waals surface area (Å²) in [5.41, 5.74) is 0.296. The molecular formula is C14H22FN3. The van der Waals surface area contributed by atoms with Gasteiger partial charge in [-0.15, -0.1) is 0 Å². The number of rotatable bonds is 5. The van der Waals surface area contributed by atoms with Crippen LogP contribution < -0.4 is 10.6 Å². The summed E-state index contributed by atoms with van der Waals surface area (Å²) < 4.78 is 13.5. The molecule has 1 aromatic rings. The van der Waals surface area contributed by atoms with Crippen LogP contribution in [0.5, 0.6) is 0 Å². The van der Waals surface area contributed by atoms with E-state index in [4.69, 9.17) is 0 Å². The van der Waals surface area contributed by atoms with E-state index in [-0.39, 0.29) is 5.82 Å². The Hall–Kier alpha value is -1.16. The molecule has 18 heavy (non-hydrogen) atoms. The first-order chi connectivity index (χ1) is 8.76. The molecule has 0 radical (unpaired) electrons. The smallest absolute Gasteiger partial charge is 0.165 e. The maximum atomic E-state index is 13.5. The third-order valence-electron chi connectivity index (χ3n) is 3.83. The van der Waals surface area contributed by atoms with Gasteiger partial charge in [0.05, 0.1) is 0 Å². The second-order valence-corrected chi connectivity index (χ2v) is 5.19. The van der Waals surface area contributed by atoms with Crippen molar-refractivity contribution in [1.82, 2.24) is 10.3 Å². The lowest BCUT2D eigenvalue weighted by atomic mass is 9.75. The molecule has 0 spiro atoms. The molecule has 3 nitrogen and oxygen atoms in total. The standard InChI is InChI=1S/C14H22FN3/c1-2-5-14(6-9-16-10-7-14)11-18-13-12(15)4-3-8-17-13/h3-4,8,16H,2,5-7,9-11H2,1H3,(H,17,18). The van der Waals surface area contributed by atoms with Gasteiger partial charge in [0.25, 0.3) is 0 Å². The van der Waals surface area contributed by atoms with Crippen molar-refractivity contribution in [2.45, 2.75) is 32.6 Å². The molecule has 0 unspecified atom stereocenters. The number of piperidine rings is 1. The highest BCUT2D eigenvalue weighted by molar-refractivity contribution is 5.35. The maximum absolute atomic E-state index is 13.5. The number of hydrogen-bond acceptors (Lipinski definition) is 3. The van der Waals surface area contributed by atoms with E-state index < -0.39 is 0 Å². The fourth-order valence-corrected chi connectivity index (χ4v) is 2.79. The van der Waals surface area contributed by atoms with Crippen LogP contribution in [0.2, 0.25) is 0 Å². The van der Waals surface area contributed by atoms with Gasteiger partial charge in [-0.3, -0.25) is 0 Å². The van der Waals surface area contributed by atoms with Crippen LogP contribution in [-0.4, -0.2) is 24.6 Å². The van der Waals surface area contributed by atoms with Gasteiger partial charge in [-0.2, -0.15) is 0 Å². The fraction of sp³-hybridized carbons (Fsp3) is 0.643. The molecule has 0 aromatic carbocycles. The Labute approximate surface area is 108 Å². The number of nitrogens with one attached hydrogen (secondary N) is 2. The van der Waals surface area contributed by atoms with E-state index in [9.17, 15) is 4.39 Å². The molecule has 1 aliphatic heterocycles. The summed E-state index contributed by atoms with van der Waals surface area (Å²) in [5, 5.41) is 6.58. The fourth-order valence-electron chi connectivity index (χ4n) is 2.79. The van der Waals surface area contributed by atoms with Crippen molar-refractivity contribution < 1.29 is 4.39 Å². The third-order valence-corrected chi connectivity index (χ3v) is 3.83. The normalized spacial score (nSPS) is 18.6. The monoisotopic (exact) mass is 251 g/mol. The van der Waals surface area contributed by atoms with Crippen LogP contribution in [0, 0.1) is 11.2 Å². The minimum absolute atomic E-state index is 0.266. The Morgan fingerprint density at radius 1 is 1.44 bits per heavy atom. The number of anilines is 1. The Morgan fingerprint density at radius 3 is 2.89 bits per heavy atom. The van der Waals surface area contributed by atoms with Crippen molar-refractivity contribution in [3.63, 3.8) is 0 Å². The summed E-state index contributed by atoms with van der Waals surface area (Å²) in [5.74, 6) is 0.115. The lowest BCUT2D eigenvalue weighted by Gasteiger charge is -2.38. The molecule has 2 heterocycles. The zero-order chi connectivity index (χ0) is 12.8. The summed E-state index contributed by atoms with van der Waals surface area (Å²) in [4.78, 5) is 4.05. The minimum Gasteiger partial charge on any atom is -0.367 e. The van der Waals surface area contributed by atoms with Crippen molar-refractivity contribution >= 4 is 5.82 Å². The Kier molecular flexibility index (Phi) is 4.53. The summed E-state index contributed by atoms with van der Waals surface area (Å²) >= 11 is 0. The quantitative estimate of drug-likeness (QED) is 0.845. The van der Waals surface area contributed by atoms with Crippen LogP contribution in [-0.2, 0) is 0 Å². The van der Waals surface area contributed by atoms with Gasteiger partial charge < -0.3 is 10.6 Å². The van der Waals surface area contributed by atoms with Gasteiger partial charge in [0.15, 0.2) is 11.6 Å². The van der Waals surface area contributed by atoms with Crippen molar-refractivity contribution in [2.75, 3.05) is 25.0 Å². The van der Waals surface area contributed by atoms with Crippen LogP contribution in [0.1, 0.15) is 32.6 Å². The van der Waals surface area contributed by atoms with Crippen LogP contribution in [0.4, 0.5) is 10.2 Å². The number of halogens is 1. The molecule has 0 bridgehead atoms. The summed E-state index contributed by atoms with van der Waals surface area (Å²) in [6, 6.07) is 3.07. The molecule has 0 saturated carbocycles. The largest absolute Gasteiger partial charge is 0.367 e. The molecule has 2 N–H and O–H groups in total. The van der Waals surface area contributed by atoms with E-state index in [1.54, 1.807) is 12.3 Å². The summed E-state index contributed by atoms with van der Waals surface area (Å²) in [7, 11) is 0. The van der Waals surface area contributed by atoms with E-state index in [2.05, 4.69) is 22.5 Å². The van der Waals surface area contributed by atoms with Crippen LogP contribution in [0.15, 0.2) is 18.3 Å². The van der Waals surface area contributed by atoms with Crippen molar-refractivity contribution in [1.29, 1.82) is 0 Å². The zero-order valence-corrected chi connectivity index (χ0v) is 11.0. The Morgan fingerprint density at radius 2 is 2.22 bits per heavy atom. The SMILES string of the molecule is CCCC1(CNc2ncccc2F)CCNCC1. The van der Waals surface area contributed by atoms with Crippen molar-refractivity contribution in [2.24, 2.45) is 5.41 Å². The first-order valence-corrected chi connectivity index (χ1v) is 6.81. The summed E-state index contributed by atoms with van der Waals surface area (Å²) in [6.45, 7) is 5.15. The van der Waals surface area contributed by atoms with E-state index in [0.717, 1.165) is 32.5 Å². The molecule has 0 amide bonds. The molecule has 0 atom stereocenters. The highest BCUT2D eigenvalue weighted by Gasteiger charge is 2.31. The lowest BCUT2D eigenvalue weighted by molar-refractivity contribution is 0.199. The molecule has 0 aliphatic carbocycles. The molecule has 1 fully saturated rings. The number of pyridine rings is 1. The van der Waals surface area contributed by atoms with E-state index in [1.807, 2.05) is 0 Å². The van der Waals surface area contributed by atoms with Crippen molar-refractivity contribution in [3.05, 3.63) is 24.1 Å². The van der Waals surface area contributed by atoms with Gasteiger partial charge in [-0.1, -0.05) is 13.3 Å². The van der Waals surface area contributed by atoms with Crippen molar-refractivity contribution in [3.8, 4) is 0 Å². The van der Waals surface area contributed by atoms with Crippen LogP contribution in [0.25, 0.3) is 0 Å². The predicted molar refractivity (Wildman–Crippen MR) is 72.1 cm³/mol. The van der Waals surface area contributed by atoms with Gasteiger partial charge in [-0.05, 0) is 49.9 Å². The van der Waals surface area contributed by atoms with Gasteiger partial charge in [0.2, 0.25) is 0 Å². The lowest BCUT2D eigenvalue weighted by Crippen LogP contribution is -2.41.